The van der Waals surface area contributed by atoms with Gasteiger partial charge in [0.1, 0.15) is 4.88 Å². The summed E-state index contributed by atoms with van der Waals surface area (Å²) in [6, 6.07) is 1.82. The molecule has 0 bridgehead atoms. The number of rotatable bonds is 5. The highest BCUT2D eigenvalue weighted by Gasteiger charge is 2.17. The van der Waals surface area contributed by atoms with E-state index in [1.807, 2.05) is 13.8 Å². The molecule has 1 unspecified atom stereocenters. The molecule has 1 amide bonds. The predicted molar refractivity (Wildman–Crippen MR) is 85.7 cm³/mol. The molecule has 2 heterocycles. The number of carbonyl (C=O) groups excluding carboxylic acids is 1. The van der Waals surface area contributed by atoms with Crippen molar-refractivity contribution in [3.05, 3.63) is 29.0 Å². The summed E-state index contributed by atoms with van der Waals surface area (Å²) in [4.78, 5) is 25.3. The predicted octanol–water partition coefficient (Wildman–Crippen LogP) is 1.80. The summed E-state index contributed by atoms with van der Waals surface area (Å²) in [5, 5.41) is 3.50. The van der Waals surface area contributed by atoms with Crippen LogP contribution in [0.4, 0.5) is 0 Å². The third-order valence-electron chi connectivity index (χ3n) is 2.65. The van der Waals surface area contributed by atoms with Crippen molar-refractivity contribution in [3.63, 3.8) is 0 Å². The van der Waals surface area contributed by atoms with Crippen molar-refractivity contribution in [2.75, 3.05) is 6.54 Å². The molecule has 3 N–H and O–H groups in total. The Kier molecular flexibility index (Phi) is 6.67. The van der Waals surface area contributed by atoms with Gasteiger partial charge >= 0.3 is 0 Å². The lowest BCUT2D eigenvalue weighted by Crippen LogP contribution is -2.28. The van der Waals surface area contributed by atoms with Gasteiger partial charge < -0.3 is 11.1 Å². The minimum Gasteiger partial charge on any atom is -0.351 e. The number of hydrogen-bond donors (Lipinski definition) is 2. The van der Waals surface area contributed by atoms with E-state index in [0.717, 1.165) is 6.42 Å². The third kappa shape index (κ3) is 4.73. The van der Waals surface area contributed by atoms with Gasteiger partial charge in [0.05, 0.1) is 5.69 Å². The maximum Gasteiger partial charge on any atom is 0.263 e. The minimum absolute atomic E-state index is 0. The topological polar surface area (TPSA) is 93.8 Å². The van der Waals surface area contributed by atoms with Crippen LogP contribution in [-0.4, -0.2) is 33.4 Å². The second kappa shape index (κ2) is 8.02. The smallest absolute Gasteiger partial charge is 0.263 e. The van der Waals surface area contributed by atoms with Gasteiger partial charge in [-0.2, -0.15) is 0 Å². The average molecular weight is 328 g/mol. The molecule has 0 saturated carbocycles. The maximum absolute atomic E-state index is 12.1. The van der Waals surface area contributed by atoms with Crippen LogP contribution >= 0.6 is 23.7 Å². The average Bonchev–Trinajstić information content (AvgIpc) is 2.81. The third-order valence-corrected chi connectivity index (χ3v) is 3.80. The van der Waals surface area contributed by atoms with Gasteiger partial charge in [-0.05, 0) is 26.3 Å². The Morgan fingerprint density at radius 1 is 1.43 bits per heavy atom. The van der Waals surface area contributed by atoms with E-state index in [4.69, 9.17) is 5.73 Å². The second-order valence-corrected chi connectivity index (χ2v) is 5.53. The number of nitrogens with one attached hydrogen (secondary N) is 1. The van der Waals surface area contributed by atoms with E-state index in [1.54, 1.807) is 18.5 Å². The standard InChI is InChI=1S/C13H17N5OS.ClH/c1-8(14)4-7-17-12(19)10-9(2)18-13(20-10)11-15-5-3-6-16-11;/h3,5-6,8H,4,7,14H2,1-2H3,(H,17,19);1H. The molecule has 0 spiro atoms. The van der Waals surface area contributed by atoms with Gasteiger partial charge in [0, 0.05) is 25.0 Å². The summed E-state index contributed by atoms with van der Waals surface area (Å²) in [5.41, 5.74) is 6.34. The first-order chi connectivity index (χ1) is 9.58. The fourth-order valence-electron chi connectivity index (χ4n) is 1.61. The summed E-state index contributed by atoms with van der Waals surface area (Å²) in [6.45, 7) is 4.28. The van der Waals surface area contributed by atoms with Crippen LogP contribution in [0.5, 0.6) is 0 Å². The van der Waals surface area contributed by atoms with Crippen LogP contribution < -0.4 is 11.1 Å². The number of carbonyl (C=O) groups is 1. The normalized spacial score (nSPS) is 11.6. The van der Waals surface area contributed by atoms with Crippen LogP contribution in [0, 0.1) is 6.92 Å². The Hall–Kier alpha value is -1.57. The van der Waals surface area contributed by atoms with Gasteiger partial charge in [-0.25, -0.2) is 15.0 Å². The molecule has 6 nitrogen and oxygen atoms in total. The van der Waals surface area contributed by atoms with Crippen LogP contribution in [0.15, 0.2) is 18.5 Å². The van der Waals surface area contributed by atoms with Crippen molar-refractivity contribution < 1.29 is 4.79 Å². The summed E-state index contributed by atoms with van der Waals surface area (Å²) >= 11 is 1.30. The summed E-state index contributed by atoms with van der Waals surface area (Å²) in [5.74, 6) is 0.415. The molecule has 0 aliphatic heterocycles. The van der Waals surface area contributed by atoms with E-state index in [0.29, 0.717) is 27.9 Å². The molecule has 0 radical (unpaired) electrons. The van der Waals surface area contributed by atoms with Gasteiger partial charge in [0.15, 0.2) is 10.8 Å². The Balaban J connectivity index is 0.00000220. The van der Waals surface area contributed by atoms with Crippen LogP contribution in [0.25, 0.3) is 10.8 Å². The molecule has 8 heteroatoms. The zero-order valence-electron chi connectivity index (χ0n) is 11.9. The molecule has 0 aliphatic carbocycles. The molecule has 2 rings (SSSR count). The fraction of sp³-hybridized carbons (Fsp3) is 0.385. The fourth-order valence-corrected chi connectivity index (χ4v) is 2.54. The molecular formula is C13H18ClN5OS. The maximum atomic E-state index is 12.1. The number of amides is 1. The Bertz CT molecular complexity index is 588. The first-order valence-corrected chi connectivity index (χ1v) is 7.18. The molecule has 114 valence electrons. The second-order valence-electron chi connectivity index (χ2n) is 4.53. The van der Waals surface area contributed by atoms with Crippen molar-refractivity contribution in [1.29, 1.82) is 0 Å². The Labute approximate surface area is 133 Å². The number of halogens is 1. The van der Waals surface area contributed by atoms with E-state index in [2.05, 4.69) is 20.3 Å². The van der Waals surface area contributed by atoms with E-state index >= 15 is 0 Å². The lowest BCUT2D eigenvalue weighted by Gasteiger charge is -2.06. The quantitative estimate of drug-likeness (QED) is 0.873. The molecule has 1 atom stereocenters. The Morgan fingerprint density at radius 2 is 2.10 bits per heavy atom. The first kappa shape index (κ1) is 17.5. The monoisotopic (exact) mass is 327 g/mol. The number of thiazole rings is 1. The zero-order valence-corrected chi connectivity index (χ0v) is 13.5. The molecule has 0 fully saturated rings. The van der Waals surface area contributed by atoms with Crippen molar-refractivity contribution in [2.24, 2.45) is 5.73 Å². The van der Waals surface area contributed by atoms with Gasteiger partial charge in [-0.3, -0.25) is 4.79 Å². The van der Waals surface area contributed by atoms with Crippen LogP contribution in [-0.2, 0) is 0 Å². The van der Waals surface area contributed by atoms with Crippen LogP contribution in [0.2, 0.25) is 0 Å². The number of aryl methyl sites for hydroxylation is 1. The molecule has 0 saturated heterocycles. The van der Waals surface area contributed by atoms with Gasteiger partial charge in [-0.1, -0.05) is 0 Å². The summed E-state index contributed by atoms with van der Waals surface area (Å²) in [6.07, 6.45) is 4.06. The number of hydrogen-bond acceptors (Lipinski definition) is 6. The van der Waals surface area contributed by atoms with Crippen molar-refractivity contribution in [3.8, 4) is 10.8 Å². The molecule has 0 aliphatic rings. The SMILES string of the molecule is Cc1nc(-c2ncccn2)sc1C(=O)NCCC(C)N.Cl. The van der Waals surface area contributed by atoms with Crippen molar-refractivity contribution >= 4 is 29.7 Å². The number of nitrogens with zero attached hydrogens (tertiary/aromatic N) is 3. The molecule has 0 aromatic carbocycles. The highest BCUT2D eigenvalue weighted by Crippen LogP contribution is 2.24. The van der Waals surface area contributed by atoms with Gasteiger partial charge in [0.25, 0.3) is 5.91 Å². The molecule has 21 heavy (non-hydrogen) atoms. The van der Waals surface area contributed by atoms with Gasteiger partial charge in [0.2, 0.25) is 0 Å². The van der Waals surface area contributed by atoms with E-state index < -0.39 is 0 Å². The van der Waals surface area contributed by atoms with Crippen LogP contribution in [0.3, 0.4) is 0 Å². The first-order valence-electron chi connectivity index (χ1n) is 6.36. The lowest BCUT2D eigenvalue weighted by atomic mass is 10.2. The number of aromatic nitrogens is 3. The van der Waals surface area contributed by atoms with E-state index in [1.165, 1.54) is 11.3 Å². The van der Waals surface area contributed by atoms with E-state index in [-0.39, 0.29) is 24.4 Å². The minimum atomic E-state index is -0.122. The van der Waals surface area contributed by atoms with Crippen molar-refractivity contribution in [2.45, 2.75) is 26.3 Å². The molecule has 2 aromatic rings. The van der Waals surface area contributed by atoms with Crippen LogP contribution in [0.1, 0.15) is 28.7 Å². The molecular weight excluding hydrogens is 310 g/mol. The number of nitrogens with two attached hydrogens (primary N) is 1. The van der Waals surface area contributed by atoms with Crippen molar-refractivity contribution in [1.82, 2.24) is 20.3 Å². The largest absolute Gasteiger partial charge is 0.351 e. The van der Waals surface area contributed by atoms with E-state index in [9.17, 15) is 4.79 Å². The summed E-state index contributed by atoms with van der Waals surface area (Å²) < 4.78 is 0. The lowest BCUT2D eigenvalue weighted by molar-refractivity contribution is 0.0956. The zero-order chi connectivity index (χ0) is 14.5. The highest BCUT2D eigenvalue weighted by molar-refractivity contribution is 7.17. The Morgan fingerprint density at radius 3 is 2.71 bits per heavy atom. The highest BCUT2D eigenvalue weighted by atomic mass is 35.5. The molecule has 2 aromatic heterocycles. The summed E-state index contributed by atoms with van der Waals surface area (Å²) in [7, 11) is 0. The van der Waals surface area contributed by atoms with Gasteiger partial charge in [-0.15, -0.1) is 23.7 Å².